The van der Waals surface area contributed by atoms with E-state index < -0.39 is 0 Å². The summed E-state index contributed by atoms with van der Waals surface area (Å²) in [5, 5.41) is 2.30. The summed E-state index contributed by atoms with van der Waals surface area (Å²) >= 11 is 1.99. The Bertz CT molecular complexity index is 467. The van der Waals surface area contributed by atoms with E-state index in [0.29, 0.717) is 12.0 Å². The van der Waals surface area contributed by atoms with Crippen molar-refractivity contribution in [3.05, 3.63) is 21.9 Å². The zero-order chi connectivity index (χ0) is 12.9. The van der Waals surface area contributed by atoms with Gasteiger partial charge >= 0.3 is 0 Å². The molecule has 0 bridgehead atoms. The molecule has 1 spiro atoms. The van der Waals surface area contributed by atoms with E-state index in [-0.39, 0.29) is 18.0 Å². The van der Waals surface area contributed by atoms with E-state index in [1.807, 2.05) is 11.3 Å². The van der Waals surface area contributed by atoms with Crippen LogP contribution in [0.25, 0.3) is 0 Å². The summed E-state index contributed by atoms with van der Waals surface area (Å²) in [6.07, 6.45) is 8.22. The fraction of sp³-hybridized carbons (Fsp3) is 0.750. The normalized spacial score (nSPS) is 32.2. The molecule has 1 saturated carbocycles. The molecule has 1 aromatic rings. The van der Waals surface area contributed by atoms with Crippen molar-refractivity contribution >= 4 is 11.3 Å². The lowest BCUT2D eigenvalue weighted by atomic mass is 9.74. The molecule has 1 aliphatic carbocycles. The van der Waals surface area contributed by atoms with Gasteiger partial charge in [0.05, 0.1) is 11.7 Å². The topological polar surface area (TPSA) is 12.5 Å². The van der Waals surface area contributed by atoms with Crippen LogP contribution in [0.15, 0.2) is 11.4 Å². The van der Waals surface area contributed by atoms with Gasteiger partial charge in [0.15, 0.2) is 0 Å². The van der Waals surface area contributed by atoms with Crippen LogP contribution in [0.3, 0.4) is 0 Å². The van der Waals surface area contributed by atoms with Crippen molar-refractivity contribution in [1.29, 1.82) is 0 Å². The Morgan fingerprint density at radius 2 is 2.00 bits per heavy atom. The van der Waals surface area contributed by atoms with Crippen LogP contribution in [-0.4, -0.2) is 31.1 Å². The van der Waals surface area contributed by atoms with E-state index in [1.54, 1.807) is 10.4 Å². The summed E-state index contributed by atoms with van der Waals surface area (Å²) in [7, 11) is 2.23. The number of nitrogens with zero attached hydrogens (tertiary/aromatic N) is 1. The summed E-state index contributed by atoms with van der Waals surface area (Å²) in [5.41, 5.74) is 1.61. The van der Waals surface area contributed by atoms with Gasteiger partial charge in [0.2, 0.25) is 0 Å². The molecule has 3 heterocycles. The molecule has 1 aromatic heterocycles. The molecule has 2 aliphatic heterocycles. The summed E-state index contributed by atoms with van der Waals surface area (Å²) in [4.78, 5) is 4.11. The molecule has 2 unspecified atom stereocenters. The van der Waals surface area contributed by atoms with Crippen LogP contribution in [0.1, 0.15) is 54.9 Å². The van der Waals surface area contributed by atoms with Gasteiger partial charge in [-0.3, -0.25) is 0 Å². The molecular formula is C16H23ClNOS-. The maximum absolute atomic E-state index is 6.73. The van der Waals surface area contributed by atoms with Crippen molar-refractivity contribution in [3.8, 4) is 0 Å². The van der Waals surface area contributed by atoms with Gasteiger partial charge in [-0.2, -0.15) is 0 Å². The average molecular weight is 313 g/mol. The molecule has 0 N–H and O–H groups in total. The lowest BCUT2D eigenvalue weighted by molar-refractivity contribution is -0.154. The second-order valence-corrected chi connectivity index (χ2v) is 7.49. The Labute approximate surface area is 131 Å². The van der Waals surface area contributed by atoms with Crippen LogP contribution in [0.5, 0.6) is 0 Å². The number of piperidine rings is 1. The van der Waals surface area contributed by atoms with Crippen molar-refractivity contribution < 1.29 is 17.1 Å². The highest BCUT2D eigenvalue weighted by Gasteiger charge is 2.47. The maximum Gasteiger partial charge on any atom is 0.0970 e. The molecule has 2 fully saturated rings. The number of likely N-dealkylation sites (tertiary alicyclic amines) is 1. The number of hydrogen-bond donors (Lipinski definition) is 0. The fourth-order valence-electron chi connectivity index (χ4n) is 4.24. The van der Waals surface area contributed by atoms with Gasteiger partial charge in [-0.1, -0.05) is 12.8 Å². The predicted molar refractivity (Wildman–Crippen MR) is 78.8 cm³/mol. The number of halogens is 1. The van der Waals surface area contributed by atoms with Gasteiger partial charge in [0, 0.05) is 23.9 Å². The summed E-state index contributed by atoms with van der Waals surface area (Å²) in [6.45, 7) is 2.35. The SMILES string of the molecule is CN1CCC2(CC1)OC1CCCCC1c1sccc12.[Cl-]. The van der Waals surface area contributed by atoms with Crippen LogP contribution < -0.4 is 12.4 Å². The third-order valence-corrected chi connectivity index (χ3v) is 6.45. The lowest BCUT2D eigenvalue weighted by Crippen LogP contribution is -3.00. The minimum absolute atomic E-state index is 0. The van der Waals surface area contributed by atoms with E-state index in [1.165, 1.54) is 51.6 Å². The monoisotopic (exact) mass is 312 g/mol. The minimum Gasteiger partial charge on any atom is -1.00 e. The highest BCUT2D eigenvalue weighted by molar-refractivity contribution is 7.10. The summed E-state index contributed by atoms with van der Waals surface area (Å²) in [5.74, 6) is 0.703. The van der Waals surface area contributed by atoms with E-state index in [9.17, 15) is 0 Å². The van der Waals surface area contributed by atoms with Crippen molar-refractivity contribution in [2.24, 2.45) is 0 Å². The molecule has 4 heteroatoms. The number of ether oxygens (including phenoxy) is 1. The Balaban J connectivity index is 0.00000121. The van der Waals surface area contributed by atoms with Gasteiger partial charge in [-0.05, 0) is 49.7 Å². The zero-order valence-corrected chi connectivity index (χ0v) is 13.7. The molecule has 1 saturated heterocycles. The third kappa shape index (κ3) is 2.23. The lowest BCUT2D eigenvalue weighted by Gasteiger charge is -2.49. The van der Waals surface area contributed by atoms with Gasteiger partial charge < -0.3 is 22.0 Å². The Hall–Kier alpha value is -0.0900. The van der Waals surface area contributed by atoms with E-state index in [2.05, 4.69) is 23.4 Å². The Morgan fingerprint density at radius 3 is 2.80 bits per heavy atom. The van der Waals surface area contributed by atoms with Gasteiger partial charge in [0.1, 0.15) is 0 Å². The molecular weight excluding hydrogens is 290 g/mol. The molecule has 3 aliphatic rings. The van der Waals surface area contributed by atoms with Gasteiger partial charge in [0.25, 0.3) is 0 Å². The summed E-state index contributed by atoms with van der Waals surface area (Å²) < 4.78 is 6.73. The first-order valence-electron chi connectivity index (χ1n) is 7.73. The molecule has 2 atom stereocenters. The molecule has 0 aromatic carbocycles. The summed E-state index contributed by atoms with van der Waals surface area (Å²) in [6, 6.07) is 2.36. The second kappa shape index (κ2) is 5.60. The zero-order valence-electron chi connectivity index (χ0n) is 12.1. The number of hydrogen-bond acceptors (Lipinski definition) is 3. The molecule has 0 amide bonds. The third-order valence-electron chi connectivity index (χ3n) is 5.40. The standard InChI is InChI=1S/C16H23NOS.ClH/c1-17-9-7-16(8-10-17)13-6-11-19-15(13)12-4-2-3-5-14(12)18-16;/h6,11-12,14H,2-5,7-10H2,1H3;1H/p-1. The quantitative estimate of drug-likeness (QED) is 0.700. The number of rotatable bonds is 0. The highest BCUT2D eigenvalue weighted by Crippen LogP contribution is 2.52. The van der Waals surface area contributed by atoms with Crippen LogP contribution >= 0.6 is 11.3 Å². The highest BCUT2D eigenvalue weighted by atomic mass is 35.5. The van der Waals surface area contributed by atoms with Crippen LogP contribution in [0, 0.1) is 0 Å². The van der Waals surface area contributed by atoms with Crippen LogP contribution in [0.2, 0.25) is 0 Å². The van der Waals surface area contributed by atoms with E-state index in [0.717, 1.165) is 0 Å². The maximum atomic E-state index is 6.73. The molecule has 20 heavy (non-hydrogen) atoms. The van der Waals surface area contributed by atoms with Gasteiger partial charge in [-0.15, -0.1) is 11.3 Å². The molecule has 4 rings (SSSR count). The molecule has 2 nitrogen and oxygen atoms in total. The van der Waals surface area contributed by atoms with Crippen molar-refractivity contribution in [1.82, 2.24) is 4.90 Å². The first kappa shape index (κ1) is 14.8. The van der Waals surface area contributed by atoms with Crippen molar-refractivity contribution in [2.75, 3.05) is 20.1 Å². The fourth-order valence-corrected chi connectivity index (χ4v) is 5.42. The van der Waals surface area contributed by atoms with E-state index >= 15 is 0 Å². The smallest absolute Gasteiger partial charge is 0.0970 e. The largest absolute Gasteiger partial charge is 1.00 e. The van der Waals surface area contributed by atoms with E-state index in [4.69, 9.17) is 4.74 Å². The van der Waals surface area contributed by atoms with Crippen molar-refractivity contribution in [3.63, 3.8) is 0 Å². The first-order valence-corrected chi connectivity index (χ1v) is 8.61. The Morgan fingerprint density at radius 1 is 1.25 bits per heavy atom. The number of thiophene rings is 1. The van der Waals surface area contributed by atoms with Crippen molar-refractivity contribution in [2.45, 2.75) is 56.1 Å². The Kier molecular flexibility index (Phi) is 4.15. The second-order valence-electron chi connectivity index (χ2n) is 6.54. The predicted octanol–water partition coefficient (Wildman–Crippen LogP) is 0.729. The van der Waals surface area contributed by atoms with Gasteiger partial charge in [-0.25, -0.2) is 0 Å². The first-order chi connectivity index (χ1) is 9.28. The van der Waals surface area contributed by atoms with Crippen LogP contribution in [0.4, 0.5) is 0 Å². The minimum atomic E-state index is 0. The average Bonchev–Trinajstić information content (AvgIpc) is 2.93. The molecule has 0 radical (unpaired) electrons. The van der Waals surface area contributed by atoms with Crippen LogP contribution in [-0.2, 0) is 10.3 Å². The number of fused-ring (bicyclic) bond motifs is 4. The molecule has 112 valence electrons.